The highest BCUT2D eigenvalue weighted by Gasteiger charge is 2.13. The van der Waals surface area contributed by atoms with Crippen LogP contribution in [0.1, 0.15) is 25.8 Å². The fraction of sp³-hybridized carbons (Fsp3) is 0.615. The molecule has 0 saturated carbocycles. The summed E-state index contributed by atoms with van der Waals surface area (Å²) in [5.74, 6) is 1.94. The van der Waals surface area contributed by atoms with Crippen LogP contribution in [0.4, 0.5) is 0 Å². The van der Waals surface area contributed by atoms with Crippen molar-refractivity contribution < 1.29 is 4.74 Å². The van der Waals surface area contributed by atoms with Crippen molar-refractivity contribution in [1.82, 2.24) is 10.3 Å². The van der Waals surface area contributed by atoms with Crippen molar-refractivity contribution in [2.75, 3.05) is 13.0 Å². The zero-order valence-electron chi connectivity index (χ0n) is 10.7. The molecule has 0 aliphatic carbocycles. The van der Waals surface area contributed by atoms with E-state index < -0.39 is 0 Å². The van der Waals surface area contributed by atoms with Crippen LogP contribution in [-0.4, -0.2) is 24.0 Å². The second kappa shape index (κ2) is 7.51. The zero-order chi connectivity index (χ0) is 12.7. The van der Waals surface area contributed by atoms with Crippen LogP contribution in [0.15, 0.2) is 18.3 Å². The summed E-state index contributed by atoms with van der Waals surface area (Å²) in [5, 5.41) is 3.51. The average molecular weight is 257 g/mol. The van der Waals surface area contributed by atoms with Crippen LogP contribution in [0.2, 0.25) is 0 Å². The third kappa shape index (κ3) is 4.52. The van der Waals surface area contributed by atoms with Crippen molar-refractivity contribution in [2.45, 2.75) is 32.9 Å². The molecule has 1 atom stereocenters. The number of methoxy groups -OCH3 is 1. The van der Waals surface area contributed by atoms with Gasteiger partial charge in [0.05, 0.1) is 7.11 Å². The van der Waals surface area contributed by atoms with Gasteiger partial charge in [0.25, 0.3) is 0 Å². The second-order valence-corrected chi connectivity index (χ2v) is 4.76. The predicted octanol–water partition coefficient (Wildman–Crippen LogP) is 2.83. The highest BCUT2D eigenvalue weighted by molar-refractivity contribution is 6.17. The first kappa shape index (κ1) is 14.3. The molecule has 0 aromatic carbocycles. The summed E-state index contributed by atoms with van der Waals surface area (Å²) in [5.41, 5.74) is 1.08. The van der Waals surface area contributed by atoms with Crippen molar-refractivity contribution in [1.29, 1.82) is 0 Å². The summed E-state index contributed by atoms with van der Waals surface area (Å²) >= 11 is 5.80. The van der Waals surface area contributed by atoms with Crippen LogP contribution in [0.5, 0.6) is 5.88 Å². The monoisotopic (exact) mass is 256 g/mol. The lowest BCUT2D eigenvalue weighted by Crippen LogP contribution is -2.33. The Labute approximate surface area is 109 Å². The zero-order valence-corrected chi connectivity index (χ0v) is 11.5. The Kier molecular flexibility index (Phi) is 6.30. The van der Waals surface area contributed by atoms with Gasteiger partial charge in [0, 0.05) is 30.2 Å². The molecule has 3 nitrogen and oxygen atoms in total. The van der Waals surface area contributed by atoms with Crippen LogP contribution in [-0.2, 0) is 6.54 Å². The lowest BCUT2D eigenvalue weighted by Gasteiger charge is -2.21. The first-order valence-corrected chi connectivity index (χ1v) is 6.49. The minimum Gasteiger partial charge on any atom is -0.481 e. The maximum Gasteiger partial charge on any atom is 0.217 e. The Morgan fingerprint density at radius 2 is 2.24 bits per heavy atom. The Hall–Kier alpha value is -0.800. The molecule has 0 saturated heterocycles. The number of nitrogens with one attached hydrogen (secondary N) is 1. The first-order valence-electron chi connectivity index (χ1n) is 5.96. The molecule has 0 radical (unpaired) electrons. The van der Waals surface area contributed by atoms with Crippen molar-refractivity contribution in [3.63, 3.8) is 0 Å². The minimum atomic E-state index is 0.428. The smallest absolute Gasteiger partial charge is 0.217 e. The van der Waals surface area contributed by atoms with Crippen LogP contribution >= 0.6 is 11.6 Å². The van der Waals surface area contributed by atoms with E-state index in [1.165, 1.54) is 0 Å². The molecule has 1 unspecified atom stereocenters. The number of nitrogens with zero attached hydrogens (tertiary/aromatic N) is 1. The summed E-state index contributed by atoms with van der Waals surface area (Å²) in [6.07, 6.45) is 2.71. The van der Waals surface area contributed by atoms with Crippen LogP contribution in [0.3, 0.4) is 0 Å². The molecule has 1 heterocycles. The van der Waals surface area contributed by atoms with E-state index in [1.807, 2.05) is 12.1 Å². The van der Waals surface area contributed by atoms with E-state index in [1.54, 1.807) is 13.3 Å². The van der Waals surface area contributed by atoms with E-state index >= 15 is 0 Å². The van der Waals surface area contributed by atoms with Crippen molar-refractivity contribution in [2.24, 2.45) is 5.92 Å². The summed E-state index contributed by atoms with van der Waals surface area (Å²) in [6.45, 7) is 5.16. The van der Waals surface area contributed by atoms with E-state index in [2.05, 4.69) is 24.1 Å². The number of hydrogen-bond acceptors (Lipinski definition) is 3. The maximum atomic E-state index is 5.80. The molecule has 17 heavy (non-hydrogen) atoms. The average Bonchev–Trinajstić information content (AvgIpc) is 2.34. The molecule has 0 spiro atoms. The summed E-state index contributed by atoms with van der Waals surface area (Å²) in [6, 6.07) is 4.37. The number of aromatic nitrogens is 1. The van der Waals surface area contributed by atoms with Crippen LogP contribution in [0, 0.1) is 5.92 Å². The van der Waals surface area contributed by atoms with E-state index in [0.717, 1.165) is 18.5 Å². The van der Waals surface area contributed by atoms with Crippen molar-refractivity contribution in [3.8, 4) is 5.88 Å². The molecule has 1 N–H and O–H groups in total. The second-order valence-electron chi connectivity index (χ2n) is 4.38. The van der Waals surface area contributed by atoms with Gasteiger partial charge in [-0.3, -0.25) is 0 Å². The third-order valence-corrected chi connectivity index (χ3v) is 3.04. The van der Waals surface area contributed by atoms with Crippen molar-refractivity contribution in [3.05, 3.63) is 23.9 Å². The Bertz CT molecular complexity index is 331. The Balaban J connectivity index is 2.58. The van der Waals surface area contributed by atoms with Gasteiger partial charge in [0.2, 0.25) is 5.88 Å². The normalized spacial score (nSPS) is 12.8. The van der Waals surface area contributed by atoms with Gasteiger partial charge in [0.15, 0.2) is 0 Å². The minimum absolute atomic E-state index is 0.428. The summed E-state index contributed by atoms with van der Waals surface area (Å²) in [4.78, 5) is 4.18. The molecular formula is C13H21ClN2O. The van der Waals surface area contributed by atoms with Gasteiger partial charge in [-0.15, -0.1) is 11.6 Å². The number of alkyl halides is 1. The van der Waals surface area contributed by atoms with Crippen LogP contribution < -0.4 is 10.1 Å². The summed E-state index contributed by atoms with van der Waals surface area (Å²) in [7, 11) is 1.64. The van der Waals surface area contributed by atoms with Crippen LogP contribution in [0.25, 0.3) is 0 Å². The van der Waals surface area contributed by atoms with Gasteiger partial charge in [-0.05, 0) is 18.4 Å². The molecule has 1 aromatic rings. The van der Waals surface area contributed by atoms with E-state index in [-0.39, 0.29) is 0 Å². The highest BCUT2D eigenvalue weighted by Crippen LogP contribution is 2.15. The van der Waals surface area contributed by atoms with E-state index in [4.69, 9.17) is 16.3 Å². The molecule has 0 amide bonds. The van der Waals surface area contributed by atoms with Gasteiger partial charge < -0.3 is 10.1 Å². The number of halogens is 1. The van der Waals surface area contributed by atoms with Gasteiger partial charge in [-0.25, -0.2) is 4.98 Å². The SMILES string of the molecule is COc1ncccc1CNC(CCCl)C(C)C. The quantitative estimate of drug-likeness (QED) is 0.762. The standard InChI is InChI=1S/C13H21ClN2O/c1-10(2)12(6-7-14)16-9-11-5-4-8-15-13(11)17-3/h4-5,8,10,12,16H,6-7,9H2,1-3H3. The Morgan fingerprint density at radius 1 is 1.47 bits per heavy atom. The fourth-order valence-electron chi connectivity index (χ4n) is 1.77. The first-order chi connectivity index (χ1) is 8.19. The van der Waals surface area contributed by atoms with E-state index in [9.17, 15) is 0 Å². The number of pyridine rings is 1. The highest BCUT2D eigenvalue weighted by atomic mass is 35.5. The fourth-order valence-corrected chi connectivity index (χ4v) is 2.01. The largest absolute Gasteiger partial charge is 0.481 e. The summed E-state index contributed by atoms with van der Waals surface area (Å²) < 4.78 is 5.22. The number of ether oxygens (including phenoxy) is 1. The molecule has 0 aliphatic rings. The van der Waals surface area contributed by atoms with E-state index in [0.29, 0.717) is 23.7 Å². The molecular weight excluding hydrogens is 236 g/mol. The molecule has 0 bridgehead atoms. The molecule has 0 fully saturated rings. The van der Waals surface area contributed by atoms with Gasteiger partial charge in [-0.1, -0.05) is 19.9 Å². The van der Waals surface area contributed by atoms with Gasteiger partial charge in [0.1, 0.15) is 0 Å². The lowest BCUT2D eigenvalue weighted by atomic mass is 10.0. The molecule has 96 valence electrons. The maximum absolute atomic E-state index is 5.80. The molecule has 0 aliphatic heterocycles. The third-order valence-electron chi connectivity index (χ3n) is 2.82. The Morgan fingerprint density at radius 3 is 2.82 bits per heavy atom. The molecule has 1 aromatic heterocycles. The molecule has 1 rings (SSSR count). The van der Waals surface area contributed by atoms with Gasteiger partial charge >= 0.3 is 0 Å². The number of rotatable bonds is 7. The predicted molar refractivity (Wildman–Crippen MR) is 71.6 cm³/mol. The molecule has 4 heteroatoms. The topological polar surface area (TPSA) is 34.1 Å². The van der Waals surface area contributed by atoms with Crippen molar-refractivity contribution >= 4 is 11.6 Å². The lowest BCUT2D eigenvalue weighted by molar-refractivity contribution is 0.369. The number of hydrogen-bond donors (Lipinski definition) is 1. The van der Waals surface area contributed by atoms with Gasteiger partial charge in [-0.2, -0.15) is 0 Å².